The van der Waals surface area contributed by atoms with Gasteiger partial charge < -0.3 is 24.9 Å². The Morgan fingerprint density at radius 1 is 1.24 bits per heavy atom. The lowest BCUT2D eigenvalue weighted by molar-refractivity contribution is -0.136. The molecule has 7 heteroatoms. The molecule has 0 unspecified atom stereocenters. The van der Waals surface area contributed by atoms with Crippen molar-refractivity contribution in [2.24, 2.45) is 5.73 Å². The van der Waals surface area contributed by atoms with E-state index in [1.165, 1.54) is 0 Å². The van der Waals surface area contributed by atoms with Crippen LogP contribution in [0, 0.1) is 6.92 Å². The molecule has 2 aromatic carbocycles. The quantitative estimate of drug-likeness (QED) is 0.469. The number of benzene rings is 2. The number of carboxylic acid groups (broad SMARTS) is 1. The van der Waals surface area contributed by atoms with Crippen LogP contribution in [0.3, 0.4) is 0 Å². The predicted molar refractivity (Wildman–Crippen MR) is 126 cm³/mol. The van der Waals surface area contributed by atoms with Gasteiger partial charge in [0, 0.05) is 36.3 Å². The molecular formula is C26H25N3O4. The maximum absolute atomic E-state index is 11.4. The van der Waals surface area contributed by atoms with Gasteiger partial charge in [-0.2, -0.15) is 0 Å². The number of carbonyl (C=O) groups is 1. The number of ether oxygens (including phenoxy) is 1. The zero-order valence-corrected chi connectivity index (χ0v) is 18.5. The van der Waals surface area contributed by atoms with E-state index < -0.39 is 5.97 Å². The third-order valence-corrected chi connectivity index (χ3v) is 6.00. The van der Waals surface area contributed by atoms with Gasteiger partial charge in [-0.25, -0.2) is 0 Å². The van der Waals surface area contributed by atoms with Crippen LogP contribution in [0.4, 0.5) is 5.69 Å². The summed E-state index contributed by atoms with van der Waals surface area (Å²) in [6.45, 7) is 2.92. The number of aryl methyl sites for hydroxylation is 1. The van der Waals surface area contributed by atoms with Crippen molar-refractivity contribution >= 4 is 22.6 Å². The average Bonchev–Trinajstić information content (AvgIpc) is 3.18. The summed E-state index contributed by atoms with van der Waals surface area (Å²) >= 11 is 0. The Kier molecular flexibility index (Phi) is 5.26. The molecule has 3 N–H and O–H groups in total. The topological polar surface area (TPSA) is 102 Å². The zero-order valence-electron chi connectivity index (χ0n) is 18.5. The van der Waals surface area contributed by atoms with E-state index in [1.54, 1.807) is 6.20 Å². The van der Waals surface area contributed by atoms with Gasteiger partial charge in [0.25, 0.3) is 0 Å². The van der Waals surface area contributed by atoms with Gasteiger partial charge in [-0.1, -0.05) is 12.1 Å². The largest absolute Gasteiger partial charge is 0.481 e. The fraction of sp³-hybridized carbons (Fsp3) is 0.231. The van der Waals surface area contributed by atoms with Crippen LogP contribution in [-0.2, 0) is 17.8 Å². The molecule has 0 radical (unpaired) electrons. The van der Waals surface area contributed by atoms with Crippen LogP contribution in [0.2, 0.25) is 0 Å². The first-order chi connectivity index (χ1) is 15.9. The minimum atomic E-state index is -0.886. The van der Waals surface area contributed by atoms with E-state index in [0.717, 1.165) is 44.8 Å². The number of nitrogens with zero attached hydrogens (tertiary/aromatic N) is 2. The Morgan fingerprint density at radius 3 is 2.88 bits per heavy atom. The lowest BCUT2D eigenvalue weighted by Crippen LogP contribution is -2.32. The molecule has 2 aromatic heterocycles. The lowest BCUT2D eigenvalue weighted by Gasteiger charge is -2.35. The smallest absolute Gasteiger partial charge is 0.307 e. The second kappa shape index (κ2) is 8.26. The number of anilines is 1. The fourth-order valence-corrected chi connectivity index (χ4v) is 4.47. The second-order valence-electron chi connectivity index (χ2n) is 8.41. The van der Waals surface area contributed by atoms with Crippen LogP contribution in [0.15, 0.2) is 59.1 Å². The van der Waals surface area contributed by atoms with E-state index in [4.69, 9.17) is 14.9 Å². The van der Waals surface area contributed by atoms with Crippen molar-refractivity contribution in [3.05, 3.63) is 77.3 Å². The number of hydrogen-bond acceptors (Lipinski definition) is 6. The van der Waals surface area contributed by atoms with Crippen LogP contribution >= 0.6 is 0 Å². The van der Waals surface area contributed by atoms with Gasteiger partial charge in [0.15, 0.2) is 0 Å². The van der Waals surface area contributed by atoms with Crippen LogP contribution in [0.25, 0.3) is 22.1 Å². The first-order valence-corrected chi connectivity index (χ1v) is 10.8. The molecule has 0 amide bonds. The molecule has 168 valence electrons. The van der Waals surface area contributed by atoms with Gasteiger partial charge >= 0.3 is 5.97 Å². The molecule has 33 heavy (non-hydrogen) atoms. The van der Waals surface area contributed by atoms with Gasteiger partial charge in [0.05, 0.1) is 24.3 Å². The summed E-state index contributed by atoms with van der Waals surface area (Å²) in [5.74, 6) is 0.563. The molecule has 4 aromatic rings. The molecule has 0 bridgehead atoms. The van der Waals surface area contributed by atoms with E-state index in [2.05, 4.69) is 22.0 Å². The highest BCUT2D eigenvalue weighted by Gasteiger charge is 2.28. The normalized spacial score (nSPS) is 15.4. The van der Waals surface area contributed by atoms with E-state index >= 15 is 0 Å². The second-order valence-corrected chi connectivity index (χ2v) is 8.41. The van der Waals surface area contributed by atoms with Crippen molar-refractivity contribution in [2.45, 2.75) is 26.0 Å². The number of rotatable bonds is 5. The molecule has 0 spiro atoms. The number of likely N-dealkylation sites (N-methyl/N-ethyl adjacent to an activating group) is 1. The summed E-state index contributed by atoms with van der Waals surface area (Å²) in [6, 6.07) is 15.7. The van der Waals surface area contributed by atoms with Crippen LogP contribution in [0.1, 0.15) is 28.7 Å². The Hall–Kier alpha value is -3.84. The van der Waals surface area contributed by atoms with Gasteiger partial charge in [-0.05, 0) is 54.4 Å². The summed E-state index contributed by atoms with van der Waals surface area (Å²) in [5, 5.41) is 10.3. The minimum Gasteiger partial charge on any atom is -0.481 e. The van der Waals surface area contributed by atoms with Gasteiger partial charge in [0.2, 0.25) is 0 Å². The molecular weight excluding hydrogens is 418 g/mol. The molecule has 1 atom stereocenters. The highest BCUT2D eigenvalue weighted by Crippen LogP contribution is 2.42. The Morgan fingerprint density at radius 2 is 2.09 bits per heavy atom. The summed E-state index contributed by atoms with van der Waals surface area (Å²) in [7, 11) is 2.00. The van der Waals surface area contributed by atoms with Crippen molar-refractivity contribution in [1.82, 2.24) is 4.98 Å². The number of aliphatic carboxylic acids is 1. The lowest BCUT2D eigenvalue weighted by atomic mass is 9.96. The molecule has 1 aliphatic rings. The van der Waals surface area contributed by atoms with Crippen molar-refractivity contribution < 1.29 is 19.1 Å². The van der Waals surface area contributed by atoms with E-state index in [1.807, 2.05) is 50.4 Å². The number of nitrogens with two attached hydrogens (primary N) is 1. The molecule has 0 aliphatic carbocycles. The zero-order chi connectivity index (χ0) is 23.1. The minimum absolute atomic E-state index is 0.0895. The average molecular weight is 444 g/mol. The van der Waals surface area contributed by atoms with Crippen molar-refractivity contribution in [1.29, 1.82) is 0 Å². The van der Waals surface area contributed by atoms with E-state index in [9.17, 15) is 9.90 Å². The molecule has 0 saturated heterocycles. The first-order valence-electron chi connectivity index (χ1n) is 10.8. The summed E-state index contributed by atoms with van der Waals surface area (Å²) in [6.07, 6.45) is 1.39. The summed E-state index contributed by atoms with van der Waals surface area (Å²) < 4.78 is 12.5. The number of para-hydroxylation sites is 1. The van der Waals surface area contributed by atoms with E-state index in [0.29, 0.717) is 24.4 Å². The number of pyridine rings is 1. The van der Waals surface area contributed by atoms with Crippen LogP contribution in [0.5, 0.6) is 5.75 Å². The third kappa shape index (κ3) is 3.91. The van der Waals surface area contributed by atoms with Crippen molar-refractivity contribution in [3.8, 4) is 16.9 Å². The van der Waals surface area contributed by atoms with Crippen LogP contribution < -0.4 is 15.4 Å². The molecule has 0 fully saturated rings. The van der Waals surface area contributed by atoms with Gasteiger partial charge in [-0.15, -0.1) is 0 Å². The maximum atomic E-state index is 11.4. The molecule has 0 saturated carbocycles. The highest BCUT2D eigenvalue weighted by molar-refractivity contribution is 5.93. The molecule has 3 heterocycles. The van der Waals surface area contributed by atoms with Crippen molar-refractivity contribution in [3.63, 3.8) is 0 Å². The Bertz CT molecular complexity index is 1360. The highest BCUT2D eigenvalue weighted by atomic mass is 16.5. The molecule has 5 rings (SSSR count). The standard InChI is InChI=1S/C26H25N3O4/c1-15-8-19-9-18(11-21(25(19)32-15)16-6-7-28-20(10-16)13-27)23-14-29(2)22-5-3-4-17(12-24(30)31)26(22)33-23/h3-11,23H,12-14,27H2,1-2H3,(H,30,31)/t23-/m0/s1. The van der Waals surface area contributed by atoms with Gasteiger partial charge in [-0.3, -0.25) is 9.78 Å². The van der Waals surface area contributed by atoms with E-state index in [-0.39, 0.29) is 12.5 Å². The monoisotopic (exact) mass is 443 g/mol. The maximum Gasteiger partial charge on any atom is 0.307 e. The van der Waals surface area contributed by atoms with Gasteiger partial charge in [0.1, 0.15) is 23.2 Å². The number of furan rings is 1. The number of aromatic nitrogens is 1. The Labute approximate surface area is 191 Å². The number of carboxylic acids is 1. The number of hydrogen-bond donors (Lipinski definition) is 2. The Balaban J connectivity index is 1.62. The SMILES string of the molecule is Cc1cc2cc([C@@H]3CN(C)c4cccc(CC(=O)O)c4O3)cc(-c3ccnc(CN)c3)c2o1. The summed E-state index contributed by atoms with van der Waals surface area (Å²) in [5.41, 5.74) is 11.9. The fourth-order valence-electron chi connectivity index (χ4n) is 4.47. The first kappa shape index (κ1) is 21.0. The summed E-state index contributed by atoms with van der Waals surface area (Å²) in [4.78, 5) is 17.8. The number of fused-ring (bicyclic) bond motifs is 2. The van der Waals surface area contributed by atoms with Crippen LogP contribution in [-0.4, -0.2) is 29.7 Å². The van der Waals surface area contributed by atoms with Crippen molar-refractivity contribution in [2.75, 3.05) is 18.5 Å². The molecule has 7 nitrogen and oxygen atoms in total. The predicted octanol–water partition coefficient (Wildman–Crippen LogP) is 4.46. The molecule has 1 aliphatic heterocycles. The third-order valence-electron chi connectivity index (χ3n) is 6.00.